The summed E-state index contributed by atoms with van der Waals surface area (Å²) in [5.41, 5.74) is 0. The van der Waals surface area contributed by atoms with Crippen molar-refractivity contribution >= 4 is 5.97 Å². The molecule has 3 saturated carbocycles. The predicted octanol–water partition coefficient (Wildman–Crippen LogP) is -4.02. The van der Waals surface area contributed by atoms with Crippen LogP contribution < -0.4 is 0 Å². The molecule has 3 saturated heterocycles. The number of hydrogen-bond donors (Lipinski definition) is 11. The number of ether oxygens (including phenoxy) is 6. The van der Waals surface area contributed by atoms with E-state index in [1.54, 1.807) is 6.08 Å². The Morgan fingerprint density at radius 1 is 0.630 bits per heavy atom. The van der Waals surface area contributed by atoms with Gasteiger partial charge in [-0.3, -0.25) is 0 Å². The van der Waals surface area contributed by atoms with Gasteiger partial charge in [0.15, 0.2) is 24.8 Å². The zero-order valence-corrected chi connectivity index (χ0v) is 30.1. The van der Waals surface area contributed by atoms with Gasteiger partial charge in [0.2, 0.25) is 0 Å². The quantitative estimate of drug-likeness (QED) is 0.0572. The molecule has 54 heavy (non-hydrogen) atoms. The highest BCUT2D eigenvalue weighted by Gasteiger charge is 2.55. The Bertz CT molecular complexity index is 1230. The number of carbonyl (C=O) groups is 1. The van der Waals surface area contributed by atoms with Crippen LogP contribution in [0.5, 0.6) is 0 Å². The lowest BCUT2D eigenvalue weighted by Gasteiger charge is -2.48. The summed E-state index contributed by atoms with van der Waals surface area (Å²) in [6, 6.07) is 0. The molecule has 12 N–H and O–H groups in total. The molecule has 6 rings (SSSR count). The zero-order valence-electron chi connectivity index (χ0n) is 30.1. The van der Waals surface area contributed by atoms with Gasteiger partial charge in [-0.1, -0.05) is 6.08 Å². The monoisotopic (exact) mass is 779 g/mol. The fourth-order valence-corrected chi connectivity index (χ4v) is 8.95. The normalized spacial score (nSPS) is 50.4. The molecule has 6 fully saturated rings. The van der Waals surface area contributed by atoms with Crippen LogP contribution in [0, 0.1) is 17.8 Å². The number of hydrogen-bond acceptors (Lipinski definition) is 17. The van der Waals surface area contributed by atoms with Gasteiger partial charge in [-0.15, -0.1) is 0 Å². The Morgan fingerprint density at radius 3 is 1.96 bits per heavy atom. The first-order valence-corrected chi connectivity index (χ1v) is 19.3. The number of aliphatic hydroxyl groups excluding tert-OH is 11. The smallest absolute Gasteiger partial charge is 0.330 e. The first-order chi connectivity index (χ1) is 25.7. The van der Waals surface area contributed by atoms with E-state index in [4.69, 9.17) is 28.4 Å². The standard InChI is InChI=1S/C36H58O18/c37-17-5-1-15(2-6-17)3-8-27(42)49-13-25-28(43)30(45)32(47)35(53-25)50-14-26-29(44)31(46)33(48)36(54-26)52-24-12-19-21(40)10-18(38)11-23(19)51-34(24)16-4-7-20(39)22(41)9-16/h3,8,15-26,28-41,43-48H,1-2,4-7,9-14H2/p+1. The third-order valence-electron chi connectivity index (χ3n) is 12.3. The molecule has 18 nitrogen and oxygen atoms in total. The van der Waals surface area contributed by atoms with Gasteiger partial charge in [0.25, 0.3) is 0 Å². The van der Waals surface area contributed by atoms with E-state index in [0.29, 0.717) is 32.1 Å². The first kappa shape index (κ1) is 42.2. The Hall–Kier alpha value is -1.43. The molecular formula is C36H59O18+. The number of esters is 1. The molecule has 0 amide bonds. The minimum atomic E-state index is -1.78. The van der Waals surface area contributed by atoms with E-state index in [-0.39, 0.29) is 49.2 Å². The maximum absolute atomic E-state index is 12.4. The molecule has 3 aliphatic heterocycles. The molecule has 0 bridgehead atoms. The van der Waals surface area contributed by atoms with Gasteiger partial charge >= 0.3 is 5.97 Å². The van der Waals surface area contributed by atoms with Crippen LogP contribution in [0.25, 0.3) is 0 Å². The number of rotatable bonds is 10. The highest BCUT2D eigenvalue weighted by molar-refractivity contribution is 5.81. The van der Waals surface area contributed by atoms with Crippen LogP contribution in [0.4, 0.5) is 0 Å². The number of allylic oxidation sites excluding steroid dienone is 1. The fraction of sp³-hybridized carbons (Fsp3) is 0.917. The predicted molar refractivity (Wildman–Crippen MR) is 181 cm³/mol. The molecule has 0 spiro atoms. The Kier molecular flexibility index (Phi) is 14.4. The molecule has 0 aromatic heterocycles. The van der Waals surface area contributed by atoms with Crippen molar-refractivity contribution in [3.8, 4) is 0 Å². The lowest BCUT2D eigenvalue weighted by molar-refractivity contribution is -0.362. The number of aliphatic hydroxyl groups is 13. The highest BCUT2D eigenvalue weighted by Crippen LogP contribution is 2.42. The minimum Gasteiger partial charge on any atom is -0.460 e. The maximum atomic E-state index is 12.4. The Balaban J connectivity index is 1.07. The summed E-state index contributed by atoms with van der Waals surface area (Å²) in [6.45, 7) is -1.06. The topological polar surface area (TPSA) is 299 Å². The van der Waals surface area contributed by atoms with E-state index in [9.17, 15) is 61.0 Å². The second-order valence-corrected chi connectivity index (χ2v) is 16.1. The van der Waals surface area contributed by atoms with Gasteiger partial charge in [0, 0.05) is 24.8 Å². The summed E-state index contributed by atoms with van der Waals surface area (Å²) in [7, 11) is 0. The van der Waals surface area contributed by atoms with Crippen molar-refractivity contribution in [1.29, 1.82) is 0 Å². The average Bonchev–Trinajstić information content (AvgIpc) is 3.14. The largest absolute Gasteiger partial charge is 0.460 e. The van der Waals surface area contributed by atoms with E-state index in [1.807, 2.05) is 0 Å². The lowest BCUT2D eigenvalue weighted by Crippen LogP contribution is -2.63. The van der Waals surface area contributed by atoms with Crippen molar-refractivity contribution in [1.82, 2.24) is 0 Å². The van der Waals surface area contributed by atoms with Gasteiger partial charge in [0.05, 0.1) is 43.0 Å². The molecule has 19 atom stereocenters. The number of carbonyl (C=O) groups excluding carboxylic acids is 1. The third kappa shape index (κ3) is 9.81. The summed E-state index contributed by atoms with van der Waals surface area (Å²) in [6.07, 6.45) is -14.4. The van der Waals surface area contributed by atoms with Gasteiger partial charge in [-0.25, -0.2) is 4.79 Å². The molecule has 0 aromatic carbocycles. The van der Waals surface area contributed by atoms with Crippen LogP contribution in [0.3, 0.4) is 0 Å². The van der Waals surface area contributed by atoms with Crippen molar-refractivity contribution in [3.05, 3.63) is 12.2 Å². The van der Waals surface area contributed by atoms with Crippen LogP contribution >= 0.6 is 0 Å². The van der Waals surface area contributed by atoms with Gasteiger partial charge in [-0.05, 0) is 57.3 Å². The second-order valence-electron chi connectivity index (χ2n) is 16.1. The van der Waals surface area contributed by atoms with Crippen molar-refractivity contribution in [2.45, 2.75) is 174 Å². The van der Waals surface area contributed by atoms with Crippen LogP contribution in [0.1, 0.15) is 64.2 Å². The summed E-state index contributed by atoms with van der Waals surface area (Å²) >= 11 is 0. The van der Waals surface area contributed by atoms with E-state index in [0.717, 1.165) is 12.8 Å². The van der Waals surface area contributed by atoms with E-state index in [1.165, 1.54) is 6.08 Å². The van der Waals surface area contributed by atoms with Crippen molar-refractivity contribution in [2.75, 3.05) is 13.2 Å². The van der Waals surface area contributed by atoms with Crippen LogP contribution in [0.15, 0.2) is 12.2 Å². The average molecular weight is 780 g/mol. The SMILES string of the molecule is O=C(C=CC1CCC(O)CC1)OCC1OC(OCC2OC(OC3CC4C(O)CC(O)CC4[OH+]C3C3CCC(O)C(O)C3)C(O)C(O)C2O)C(O)C(O)C1O. The van der Waals surface area contributed by atoms with Crippen molar-refractivity contribution in [3.63, 3.8) is 0 Å². The van der Waals surface area contributed by atoms with Crippen LogP contribution in [0.2, 0.25) is 0 Å². The lowest BCUT2D eigenvalue weighted by atomic mass is 9.72. The van der Waals surface area contributed by atoms with E-state index >= 15 is 0 Å². The Labute approximate surface area is 312 Å². The first-order valence-electron chi connectivity index (χ1n) is 19.3. The van der Waals surface area contributed by atoms with Gasteiger partial charge in [-0.2, -0.15) is 0 Å². The van der Waals surface area contributed by atoms with Crippen molar-refractivity contribution < 1.29 is 89.4 Å². The summed E-state index contributed by atoms with van der Waals surface area (Å²) in [4.78, 5) is 12.4. The minimum absolute atomic E-state index is 0.112. The summed E-state index contributed by atoms with van der Waals surface area (Å²) in [5, 5.41) is 116. The third-order valence-corrected chi connectivity index (χ3v) is 12.3. The fourth-order valence-electron chi connectivity index (χ4n) is 8.95. The molecule has 19 unspecified atom stereocenters. The molecule has 18 heteroatoms. The molecule has 6 aliphatic rings. The molecule has 3 aliphatic carbocycles. The van der Waals surface area contributed by atoms with E-state index < -0.39 is 117 Å². The molecule has 3 heterocycles. The summed E-state index contributed by atoms with van der Waals surface area (Å²) in [5.74, 6) is -1.24. The van der Waals surface area contributed by atoms with Gasteiger partial charge < -0.3 is 84.6 Å². The molecule has 0 radical (unpaired) electrons. The van der Waals surface area contributed by atoms with Crippen LogP contribution in [-0.4, -0.2) is 190 Å². The van der Waals surface area contributed by atoms with E-state index in [2.05, 4.69) is 0 Å². The zero-order chi connectivity index (χ0) is 38.8. The molecule has 0 aromatic rings. The second kappa shape index (κ2) is 18.4. The highest BCUT2D eigenvalue weighted by atomic mass is 16.7. The molecule has 310 valence electrons. The van der Waals surface area contributed by atoms with Crippen LogP contribution in [-0.2, 0) is 28.5 Å². The summed E-state index contributed by atoms with van der Waals surface area (Å²) < 4.78 is 33.7. The van der Waals surface area contributed by atoms with Gasteiger partial charge in [0.1, 0.15) is 61.5 Å². The molecular weight excluding hydrogens is 720 g/mol. The Morgan fingerprint density at radius 2 is 1.28 bits per heavy atom. The van der Waals surface area contributed by atoms with Crippen molar-refractivity contribution in [2.24, 2.45) is 17.8 Å². The maximum Gasteiger partial charge on any atom is 0.330 e. The number of fused-ring (bicyclic) bond motifs is 1.